The SMILES string of the molecule is CC(=O)CC(=O)C=C(C)C(=O)O. The van der Waals surface area contributed by atoms with Gasteiger partial charge in [0.2, 0.25) is 0 Å². The van der Waals surface area contributed by atoms with E-state index in [4.69, 9.17) is 5.11 Å². The Bertz CT molecular complexity index is 250. The molecule has 1 N–H and O–H groups in total. The molecule has 0 aliphatic rings. The van der Waals surface area contributed by atoms with Gasteiger partial charge in [-0.15, -0.1) is 0 Å². The molecule has 0 saturated heterocycles. The molecule has 66 valence electrons. The third kappa shape index (κ3) is 4.38. The number of carbonyl (C=O) groups is 3. The summed E-state index contributed by atoms with van der Waals surface area (Å²) in [6.07, 6.45) is 0.731. The predicted molar refractivity (Wildman–Crippen MR) is 41.7 cm³/mol. The quantitative estimate of drug-likeness (QED) is 0.494. The summed E-state index contributed by atoms with van der Waals surface area (Å²) in [5.41, 5.74) is -0.0544. The number of carbonyl (C=O) groups excluding carboxylic acids is 2. The van der Waals surface area contributed by atoms with E-state index in [0.29, 0.717) is 0 Å². The van der Waals surface area contributed by atoms with Gasteiger partial charge in [0.1, 0.15) is 5.78 Å². The van der Waals surface area contributed by atoms with Gasteiger partial charge in [0, 0.05) is 5.57 Å². The maximum atomic E-state index is 10.8. The number of ketones is 2. The lowest BCUT2D eigenvalue weighted by Crippen LogP contribution is -2.04. The van der Waals surface area contributed by atoms with Gasteiger partial charge in [-0.3, -0.25) is 9.59 Å². The molecule has 0 unspecified atom stereocenters. The van der Waals surface area contributed by atoms with Crippen LogP contribution in [0.1, 0.15) is 20.3 Å². The molecule has 12 heavy (non-hydrogen) atoms. The zero-order chi connectivity index (χ0) is 9.72. The molecule has 0 heterocycles. The summed E-state index contributed by atoms with van der Waals surface area (Å²) < 4.78 is 0. The molecule has 0 aliphatic carbocycles. The van der Waals surface area contributed by atoms with Gasteiger partial charge in [0.15, 0.2) is 5.78 Å². The minimum Gasteiger partial charge on any atom is -0.478 e. The first-order valence-electron chi connectivity index (χ1n) is 3.37. The van der Waals surface area contributed by atoms with E-state index in [1.165, 1.54) is 13.8 Å². The average molecular weight is 170 g/mol. The molecular weight excluding hydrogens is 160 g/mol. The van der Waals surface area contributed by atoms with E-state index in [1.54, 1.807) is 0 Å². The second-order valence-electron chi connectivity index (χ2n) is 2.48. The van der Waals surface area contributed by atoms with Crippen LogP contribution >= 0.6 is 0 Å². The third-order valence-corrected chi connectivity index (χ3v) is 1.14. The molecule has 4 heteroatoms. The smallest absolute Gasteiger partial charge is 0.331 e. The van der Waals surface area contributed by atoms with Crippen molar-refractivity contribution in [3.8, 4) is 0 Å². The summed E-state index contributed by atoms with van der Waals surface area (Å²) in [7, 11) is 0. The highest BCUT2D eigenvalue weighted by molar-refractivity contribution is 6.06. The largest absolute Gasteiger partial charge is 0.478 e. The van der Waals surface area contributed by atoms with E-state index in [9.17, 15) is 14.4 Å². The van der Waals surface area contributed by atoms with Gasteiger partial charge in [-0.25, -0.2) is 4.79 Å². The lowest BCUT2D eigenvalue weighted by molar-refractivity contribution is -0.133. The summed E-state index contributed by atoms with van der Waals surface area (Å²) >= 11 is 0. The molecule has 0 fully saturated rings. The van der Waals surface area contributed by atoms with E-state index in [0.717, 1.165) is 6.08 Å². The monoisotopic (exact) mass is 170 g/mol. The number of carboxylic acids is 1. The van der Waals surface area contributed by atoms with Crippen molar-refractivity contribution in [2.45, 2.75) is 20.3 Å². The minimum absolute atomic E-state index is 0.0544. The lowest BCUT2D eigenvalue weighted by Gasteiger charge is -1.91. The van der Waals surface area contributed by atoms with Crippen LogP contribution in [0.3, 0.4) is 0 Å². The second kappa shape index (κ2) is 4.43. The van der Waals surface area contributed by atoms with Crippen LogP contribution in [-0.4, -0.2) is 22.6 Å². The number of rotatable bonds is 4. The number of hydrogen-bond acceptors (Lipinski definition) is 3. The number of aliphatic carboxylic acids is 1. The highest BCUT2D eigenvalue weighted by Gasteiger charge is 2.05. The molecule has 0 aromatic heterocycles. The van der Waals surface area contributed by atoms with Crippen LogP contribution < -0.4 is 0 Å². The Morgan fingerprint density at radius 2 is 1.75 bits per heavy atom. The second-order valence-corrected chi connectivity index (χ2v) is 2.48. The highest BCUT2D eigenvalue weighted by Crippen LogP contribution is 1.95. The highest BCUT2D eigenvalue weighted by atomic mass is 16.4. The fourth-order valence-electron chi connectivity index (χ4n) is 0.600. The van der Waals surface area contributed by atoms with Crippen LogP contribution in [0.4, 0.5) is 0 Å². The standard InChI is InChI=1S/C8H10O4/c1-5(8(11)12)3-7(10)4-6(2)9/h3H,4H2,1-2H3,(H,11,12). The first-order chi connectivity index (χ1) is 5.43. The van der Waals surface area contributed by atoms with Crippen LogP contribution in [-0.2, 0) is 14.4 Å². The summed E-state index contributed by atoms with van der Waals surface area (Å²) in [4.78, 5) is 31.4. The van der Waals surface area contributed by atoms with E-state index < -0.39 is 11.8 Å². The normalized spacial score (nSPS) is 11.0. The molecule has 0 atom stereocenters. The van der Waals surface area contributed by atoms with Gasteiger partial charge in [-0.2, -0.15) is 0 Å². The van der Waals surface area contributed by atoms with E-state index in [-0.39, 0.29) is 17.8 Å². The van der Waals surface area contributed by atoms with Crippen molar-refractivity contribution >= 4 is 17.5 Å². The van der Waals surface area contributed by atoms with Crippen LogP contribution in [0, 0.1) is 0 Å². The summed E-state index contributed by atoms with van der Waals surface area (Å²) in [5, 5.41) is 8.36. The molecule has 4 nitrogen and oxygen atoms in total. The van der Waals surface area contributed by atoms with Crippen LogP contribution in [0.15, 0.2) is 11.6 Å². The molecule has 0 spiro atoms. The van der Waals surface area contributed by atoms with Gasteiger partial charge in [-0.1, -0.05) is 0 Å². The zero-order valence-electron chi connectivity index (χ0n) is 6.96. The summed E-state index contributed by atoms with van der Waals surface area (Å²) in [6.45, 7) is 2.59. The molecule has 0 radical (unpaired) electrons. The van der Waals surface area contributed by atoms with Crippen molar-refractivity contribution in [2.24, 2.45) is 0 Å². The van der Waals surface area contributed by atoms with Crippen LogP contribution in [0.25, 0.3) is 0 Å². The van der Waals surface area contributed by atoms with E-state index in [2.05, 4.69) is 0 Å². The Kier molecular flexibility index (Phi) is 3.90. The number of hydrogen-bond donors (Lipinski definition) is 1. The molecule has 0 amide bonds. The van der Waals surface area contributed by atoms with Crippen molar-refractivity contribution in [1.82, 2.24) is 0 Å². The van der Waals surface area contributed by atoms with Crippen molar-refractivity contribution in [3.63, 3.8) is 0 Å². The van der Waals surface area contributed by atoms with Crippen molar-refractivity contribution in [2.75, 3.05) is 0 Å². The zero-order valence-corrected chi connectivity index (χ0v) is 6.96. The van der Waals surface area contributed by atoms with Gasteiger partial charge >= 0.3 is 5.97 Å². The third-order valence-electron chi connectivity index (χ3n) is 1.14. The molecule has 0 aliphatic heterocycles. The van der Waals surface area contributed by atoms with Crippen LogP contribution in [0.2, 0.25) is 0 Å². The molecule has 0 bridgehead atoms. The van der Waals surface area contributed by atoms with Crippen molar-refractivity contribution < 1.29 is 19.5 Å². The maximum Gasteiger partial charge on any atom is 0.331 e. The van der Waals surface area contributed by atoms with Gasteiger partial charge in [0.05, 0.1) is 6.42 Å². The Hall–Kier alpha value is -1.45. The van der Waals surface area contributed by atoms with Crippen LogP contribution in [0.5, 0.6) is 0 Å². The number of Topliss-reactive ketones (excluding diaryl/α,β-unsaturated/α-hetero) is 1. The lowest BCUT2D eigenvalue weighted by atomic mass is 10.1. The Morgan fingerprint density at radius 3 is 2.08 bits per heavy atom. The van der Waals surface area contributed by atoms with E-state index >= 15 is 0 Å². The Labute approximate surface area is 69.9 Å². The Morgan fingerprint density at radius 1 is 1.25 bits per heavy atom. The first kappa shape index (κ1) is 10.6. The number of allylic oxidation sites excluding steroid dienone is 1. The maximum absolute atomic E-state index is 10.8. The molecular formula is C8H10O4. The number of carboxylic acid groups (broad SMARTS) is 1. The fourth-order valence-corrected chi connectivity index (χ4v) is 0.600. The molecule has 0 saturated carbocycles. The van der Waals surface area contributed by atoms with Gasteiger partial charge in [0.25, 0.3) is 0 Å². The van der Waals surface area contributed by atoms with E-state index in [1.807, 2.05) is 0 Å². The minimum atomic E-state index is -1.15. The topological polar surface area (TPSA) is 71.4 Å². The molecule has 0 aromatic carbocycles. The van der Waals surface area contributed by atoms with Crippen molar-refractivity contribution in [3.05, 3.63) is 11.6 Å². The molecule has 0 rings (SSSR count). The summed E-state index contributed by atoms with van der Waals surface area (Å²) in [6, 6.07) is 0. The summed E-state index contributed by atoms with van der Waals surface area (Å²) in [5.74, 6) is -1.89. The first-order valence-corrected chi connectivity index (χ1v) is 3.37. The molecule has 0 aromatic rings. The van der Waals surface area contributed by atoms with Gasteiger partial charge in [-0.05, 0) is 19.9 Å². The fraction of sp³-hybridized carbons (Fsp3) is 0.375. The van der Waals surface area contributed by atoms with Gasteiger partial charge < -0.3 is 5.11 Å². The van der Waals surface area contributed by atoms with Crippen molar-refractivity contribution in [1.29, 1.82) is 0 Å². The Balaban J connectivity index is 4.24. The average Bonchev–Trinajstić information content (AvgIpc) is 1.84. The predicted octanol–water partition coefficient (Wildman–Crippen LogP) is 0.565.